The molecule has 0 aliphatic carbocycles. The highest BCUT2D eigenvalue weighted by molar-refractivity contribution is 5.39. The predicted molar refractivity (Wildman–Crippen MR) is 47.5 cm³/mol. The summed E-state index contributed by atoms with van der Waals surface area (Å²) in [6, 6.07) is 1.98. The smallest absolute Gasteiger partial charge is 0.106 e. The first-order chi connectivity index (χ1) is 5.97. The first-order valence-corrected chi connectivity index (χ1v) is 3.85. The van der Waals surface area contributed by atoms with Gasteiger partial charge in [-0.15, -0.1) is 0 Å². The van der Waals surface area contributed by atoms with Crippen LogP contribution in [0.5, 0.6) is 0 Å². The summed E-state index contributed by atoms with van der Waals surface area (Å²) >= 11 is 0. The first-order valence-electron chi connectivity index (χ1n) is 3.85. The molecule has 0 unspecified atom stereocenters. The van der Waals surface area contributed by atoms with Gasteiger partial charge in [-0.3, -0.25) is 4.98 Å². The number of hydrogen-bond donors (Lipinski definition) is 0. The van der Waals surface area contributed by atoms with Crippen molar-refractivity contribution in [1.82, 2.24) is 4.98 Å². The second kappa shape index (κ2) is 3.22. The number of fused-ring (bicyclic) bond motifs is 1. The molecule has 2 heteroatoms. The molecule has 2 heterocycles. The zero-order valence-corrected chi connectivity index (χ0v) is 6.60. The minimum atomic E-state index is 0.626. The van der Waals surface area contributed by atoms with Gasteiger partial charge in [0.2, 0.25) is 0 Å². The van der Waals surface area contributed by atoms with Crippen LogP contribution in [0.4, 0.5) is 0 Å². The van der Waals surface area contributed by atoms with E-state index in [-0.39, 0.29) is 0 Å². The molecule has 60 valence electrons. The summed E-state index contributed by atoms with van der Waals surface area (Å²) in [5, 5.41) is 2.31. The summed E-state index contributed by atoms with van der Waals surface area (Å²) in [4.78, 5) is 4.04. The van der Waals surface area contributed by atoms with Crippen LogP contribution in [0.25, 0.3) is 12.2 Å². The average Bonchev–Trinajstić information content (AvgIpc) is 2.06. The van der Waals surface area contributed by atoms with E-state index in [4.69, 9.17) is 4.74 Å². The molecule has 0 N–H and O–H groups in total. The van der Waals surface area contributed by atoms with Gasteiger partial charge in [0.1, 0.15) is 6.61 Å². The van der Waals surface area contributed by atoms with Gasteiger partial charge in [0.05, 0.1) is 6.26 Å². The minimum Gasteiger partial charge on any atom is -0.497 e. The third-order valence-electron chi connectivity index (χ3n) is 1.74. The SMILES string of the molecule is C1=COCC=c2ccncc2=C1. The molecule has 0 saturated carbocycles. The lowest BCUT2D eigenvalue weighted by Crippen LogP contribution is -2.25. The van der Waals surface area contributed by atoms with Crippen molar-refractivity contribution < 1.29 is 4.74 Å². The Morgan fingerprint density at radius 1 is 1.33 bits per heavy atom. The molecule has 0 amide bonds. The van der Waals surface area contributed by atoms with Gasteiger partial charge in [-0.05, 0) is 34.7 Å². The summed E-state index contributed by atoms with van der Waals surface area (Å²) in [5.74, 6) is 0. The third kappa shape index (κ3) is 1.37. The molecule has 0 spiro atoms. The molecule has 1 aromatic rings. The first kappa shape index (κ1) is 7.10. The second-order valence-corrected chi connectivity index (χ2v) is 2.54. The standard InChI is InChI=1S/C10H9NO/c1-2-10-8-11-5-3-9(10)4-7-12-6-1/h1-6,8H,7H2. The van der Waals surface area contributed by atoms with E-state index in [1.165, 1.54) is 5.22 Å². The van der Waals surface area contributed by atoms with Gasteiger partial charge in [0.25, 0.3) is 0 Å². The van der Waals surface area contributed by atoms with Crippen LogP contribution in [0.2, 0.25) is 0 Å². The molecule has 1 aromatic heterocycles. The fourth-order valence-electron chi connectivity index (χ4n) is 1.13. The third-order valence-corrected chi connectivity index (χ3v) is 1.74. The van der Waals surface area contributed by atoms with Gasteiger partial charge in [-0.1, -0.05) is 0 Å². The van der Waals surface area contributed by atoms with Crippen LogP contribution in [0.3, 0.4) is 0 Å². The van der Waals surface area contributed by atoms with Gasteiger partial charge >= 0.3 is 0 Å². The van der Waals surface area contributed by atoms with Crippen LogP contribution < -0.4 is 10.4 Å². The zero-order valence-electron chi connectivity index (χ0n) is 6.60. The lowest BCUT2D eigenvalue weighted by atomic mass is 10.2. The average molecular weight is 159 g/mol. The van der Waals surface area contributed by atoms with Gasteiger partial charge in [-0.25, -0.2) is 0 Å². The molecule has 12 heavy (non-hydrogen) atoms. The van der Waals surface area contributed by atoms with Gasteiger partial charge in [0.15, 0.2) is 0 Å². The number of nitrogens with zero attached hydrogens (tertiary/aromatic N) is 1. The molecular formula is C10H9NO. The number of allylic oxidation sites excluding steroid dienone is 1. The molecule has 1 aliphatic rings. The molecule has 0 atom stereocenters. The fraction of sp³-hybridized carbons (Fsp3) is 0.100. The van der Waals surface area contributed by atoms with Crippen molar-refractivity contribution in [2.24, 2.45) is 0 Å². The number of aromatic nitrogens is 1. The maximum absolute atomic E-state index is 5.14. The normalized spacial score (nSPS) is 14.3. The van der Waals surface area contributed by atoms with Gasteiger partial charge < -0.3 is 4.74 Å². The van der Waals surface area contributed by atoms with Crippen LogP contribution in [0, 0.1) is 0 Å². The highest BCUT2D eigenvalue weighted by atomic mass is 16.5. The Morgan fingerprint density at radius 2 is 2.33 bits per heavy atom. The molecule has 0 radical (unpaired) electrons. The Labute approximate surface area is 70.5 Å². The Hall–Kier alpha value is -1.57. The Balaban J connectivity index is 2.71. The molecule has 0 fully saturated rings. The Kier molecular flexibility index (Phi) is 1.90. The summed E-state index contributed by atoms with van der Waals surface area (Å²) < 4.78 is 5.14. The van der Waals surface area contributed by atoms with Crippen molar-refractivity contribution in [3.05, 3.63) is 41.2 Å². The number of ether oxygens (including phenoxy) is 1. The van der Waals surface area contributed by atoms with Gasteiger partial charge in [-0.2, -0.15) is 0 Å². The van der Waals surface area contributed by atoms with E-state index in [0.29, 0.717) is 6.61 Å². The highest BCUT2D eigenvalue weighted by Gasteiger charge is 1.86. The summed E-state index contributed by atoms with van der Waals surface area (Å²) in [6.45, 7) is 0.626. The topological polar surface area (TPSA) is 22.1 Å². The maximum Gasteiger partial charge on any atom is 0.106 e. The van der Waals surface area contributed by atoms with Crippen LogP contribution >= 0.6 is 0 Å². The Morgan fingerprint density at radius 3 is 3.33 bits per heavy atom. The highest BCUT2D eigenvalue weighted by Crippen LogP contribution is 1.82. The van der Waals surface area contributed by atoms with E-state index in [9.17, 15) is 0 Å². The van der Waals surface area contributed by atoms with Crippen molar-refractivity contribution in [3.8, 4) is 0 Å². The minimum absolute atomic E-state index is 0.626. The quantitative estimate of drug-likeness (QED) is 0.539. The molecule has 0 bridgehead atoms. The molecule has 0 aromatic carbocycles. The summed E-state index contributed by atoms with van der Waals surface area (Å²) in [5.41, 5.74) is 0. The number of rotatable bonds is 0. The van der Waals surface area contributed by atoms with Crippen molar-refractivity contribution in [3.63, 3.8) is 0 Å². The van der Waals surface area contributed by atoms with Crippen molar-refractivity contribution in [1.29, 1.82) is 0 Å². The zero-order chi connectivity index (χ0) is 8.23. The van der Waals surface area contributed by atoms with E-state index in [1.807, 2.05) is 30.5 Å². The van der Waals surface area contributed by atoms with E-state index < -0.39 is 0 Å². The fourth-order valence-corrected chi connectivity index (χ4v) is 1.13. The molecular weight excluding hydrogens is 150 g/mol. The van der Waals surface area contributed by atoms with E-state index in [0.717, 1.165) is 5.22 Å². The lowest BCUT2D eigenvalue weighted by Gasteiger charge is -1.96. The number of hydrogen-bond acceptors (Lipinski definition) is 2. The monoisotopic (exact) mass is 159 g/mol. The van der Waals surface area contributed by atoms with Crippen LogP contribution in [0.15, 0.2) is 30.8 Å². The summed E-state index contributed by atoms with van der Waals surface area (Å²) in [6.07, 6.45) is 11.2. The Bertz CT molecular complexity index is 406. The largest absolute Gasteiger partial charge is 0.497 e. The van der Waals surface area contributed by atoms with Crippen LogP contribution in [-0.4, -0.2) is 11.6 Å². The molecule has 2 nitrogen and oxygen atoms in total. The molecule has 1 aliphatic heterocycles. The van der Waals surface area contributed by atoms with Crippen molar-refractivity contribution in [2.45, 2.75) is 0 Å². The second-order valence-electron chi connectivity index (χ2n) is 2.54. The predicted octanol–water partition coefficient (Wildman–Crippen LogP) is 0.187. The van der Waals surface area contributed by atoms with E-state index in [1.54, 1.807) is 12.5 Å². The van der Waals surface area contributed by atoms with Gasteiger partial charge in [0, 0.05) is 12.4 Å². The lowest BCUT2D eigenvalue weighted by molar-refractivity contribution is 0.300. The van der Waals surface area contributed by atoms with Crippen molar-refractivity contribution in [2.75, 3.05) is 6.61 Å². The van der Waals surface area contributed by atoms with Crippen LogP contribution in [-0.2, 0) is 4.74 Å². The van der Waals surface area contributed by atoms with Crippen LogP contribution in [0.1, 0.15) is 0 Å². The maximum atomic E-state index is 5.14. The van der Waals surface area contributed by atoms with E-state index in [2.05, 4.69) is 4.98 Å². The molecule has 2 rings (SSSR count). The molecule has 0 saturated heterocycles. The summed E-state index contributed by atoms with van der Waals surface area (Å²) in [7, 11) is 0. The number of pyridine rings is 1. The van der Waals surface area contributed by atoms with Crippen molar-refractivity contribution >= 4 is 12.2 Å². The van der Waals surface area contributed by atoms with E-state index >= 15 is 0 Å².